The van der Waals surface area contributed by atoms with Gasteiger partial charge in [-0.05, 0) is 45.2 Å². The Morgan fingerprint density at radius 2 is 2.21 bits per heavy atom. The molecule has 19 heavy (non-hydrogen) atoms. The molecule has 1 aromatic rings. The summed E-state index contributed by atoms with van der Waals surface area (Å²) in [5.41, 5.74) is 8.48. The van der Waals surface area contributed by atoms with E-state index in [0.29, 0.717) is 12.6 Å². The van der Waals surface area contributed by atoms with E-state index in [1.54, 1.807) is 0 Å². The van der Waals surface area contributed by atoms with Crippen LogP contribution in [0.25, 0.3) is 0 Å². The van der Waals surface area contributed by atoms with Gasteiger partial charge in [0.25, 0.3) is 0 Å². The van der Waals surface area contributed by atoms with Gasteiger partial charge in [-0.15, -0.1) is 0 Å². The number of hydrogen-bond donors (Lipinski definition) is 1. The third-order valence-corrected chi connectivity index (χ3v) is 4.53. The van der Waals surface area contributed by atoms with E-state index in [4.69, 9.17) is 5.73 Å². The van der Waals surface area contributed by atoms with E-state index in [1.165, 1.54) is 44.3 Å². The zero-order valence-corrected chi connectivity index (χ0v) is 12.6. The summed E-state index contributed by atoms with van der Waals surface area (Å²) in [6, 6.07) is 0.337. The van der Waals surface area contributed by atoms with Crippen molar-refractivity contribution in [3.63, 3.8) is 0 Å². The minimum absolute atomic E-state index is 0.337. The molecule has 1 aliphatic rings. The zero-order chi connectivity index (χ0) is 13.8. The second-order valence-electron chi connectivity index (χ2n) is 5.84. The maximum absolute atomic E-state index is 6.05. The Hall–Kier alpha value is -0.870. The molecule has 2 N–H and O–H groups in total. The summed E-state index contributed by atoms with van der Waals surface area (Å²) in [4.78, 5) is 2.57. The Labute approximate surface area is 117 Å². The number of aromatic nitrogens is 2. The van der Waals surface area contributed by atoms with Crippen molar-refractivity contribution < 1.29 is 0 Å². The summed E-state index contributed by atoms with van der Waals surface area (Å²) in [6.45, 7) is 7.43. The SMILES string of the molecule is CCC1CCCN(C(CN)c2cn(C)nc2C)CC1. The Kier molecular flexibility index (Phi) is 4.99. The molecule has 0 amide bonds. The van der Waals surface area contributed by atoms with Crippen LogP contribution in [0.5, 0.6) is 0 Å². The molecule has 0 radical (unpaired) electrons. The van der Waals surface area contributed by atoms with Crippen molar-refractivity contribution in [3.8, 4) is 0 Å². The van der Waals surface area contributed by atoms with E-state index in [-0.39, 0.29) is 0 Å². The maximum Gasteiger partial charge on any atom is 0.0641 e. The van der Waals surface area contributed by atoms with Crippen LogP contribution in [0, 0.1) is 12.8 Å². The summed E-state index contributed by atoms with van der Waals surface area (Å²) in [7, 11) is 1.99. The lowest BCUT2D eigenvalue weighted by atomic mass is 9.98. The third-order valence-electron chi connectivity index (χ3n) is 4.53. The van der Waals surface area contributed by atoms with Crippen LogP contribution in [-0.4, -0.2) is 34.3 Å². The Bertz CT molecular complexity index is 399. The van der Waals surface area contributed by atoms with Crippen LogP contribution in [0.4, 0.5) is 0 Å². The first kappa shape index (κ1) is 14.5. The normalized spacial score (nSPS) is 23.3. The van der Waals surface area contributed by atoms with Crippen LogP contribution in [0.15, 0.2) is 6.20 Å². The van der Waals surface area contributed by atoms with Gasteiger partial charge in [-0.2, -0.15) is 5.10 Å². The minimum Gasteiger partial charge on any atom is -0.329 e. The molecule has 108 valence electrons. The van der Waals surface area contributed by atoms with Crippen molar-refractivity contribution in [2.45, 2.75) is 45.6 Å². The van der Waals surface area contributed by atoms with E-state index in [9.17, 15) is 0 Å². The van der Waals surface area contributed by atoms with Gasteiger partial charge < -0.3 is 5.73 Å². The fourth-order valence-corrected chi connectivity index (χ4v) is 3.33. The van der Waals surface area contributed by atoms with E-state index >= 15 is 0 Å². The molecule has 1 fully saturated rings. The van der Waals surface area contributed by atoms with Crippen LogP contribution in [0.2, 0.25) is 0 Å². The number of hydrogen-bond acceptors (Lipinski definition) is 3. The average molecular weight is 264 g/mol. The summed E-state index contributed by atoms with van der Waals surface area (Å²) < 4.78 is 1.90. The summed E-state index contributed by atoms with van der Waals surface area (Å²) in [5, 5.41) is 4.46. The van der Waals surface area contributed by atoms with Gasteiger partial charge in [0.15, 0.2) is 0 Å². The molecular formula is C15H28N4. The highest BCUT2D eigenvalue weighted by Crippen LogP contribution is 2.28. The molecule has 4 heteroatoms. The fraction of sp³-hybridized carbons (Fsp3) is 0.800. The first-order chi connectivity index (χ1) is 9.15. The lowest BCUT2D eigenvalue weighted by molar-refractivity contribution is 0.206. The van der Waals surface area contributed by atoms with E-state index in [2.05, 4.69) is 30.0 Å². The van der Waals surface area contributed by atoms with E-state index in [0.717, 1.165) is 11.6 Å². The molecular weight excluding hydrogens is 236 g/mol. The van der Waals surface area contributed by atoms with Crippen LogP contribution >= 0.6 is 0 Å². The predicted octanol–water partition coefficient (Wildman–Crippen LogP) is 2.24. The molecule has 4 nitrogen and oxygen atoms in total. The minimum atomic E-state index is 0.337. The molecule has 0 bridgehead atoms. The Morgan fingerprint density at radius 1 is 1.42 bits per heavy atom. The quantitative estimate of drug-likeness (QED) is 0.907. The smallest absolute Gasteiger partial charge is 0.0641 e. The Morgan fingerprint density at radius 3 is 2.79 bits per heavy atom. The van der Waals surface area contributed by atoms with Crippen molar-refractivity contribution in [1.29, 1.82) is 0 Å². The summed E-state index contributed by atoms with van der Waals surface area (Å²) in [6.07, 6.45) is 7.43. The number of likely N-dealkylation sites (tertiary alicyclic amines) is 1. The van der Waals surface area contributed by atoms with Gasteiger partial charge >= 0.3 is 0 Å². The molecule has 1 aliphatic heterocycles. The molecule has 2 rings (SSSR count). The van der Waals surface area contributed by atoms with Crippen LogP contribution < -0.4 is 5.73 Å². The second kappa shape index (κ2) is 6.53. The van der Waals surface area contributed by atoms with Crippen LogP contribution in [0.3, 0.4) is 0 Å². The maximum atomic E-state index is 6.05. The second-order valence-corrected chi connectivity index (χ2v) is 5.84. The van der Waals surface area contributed by atoms with Gasteiger partial charge in [0.05, 0.1) is 11.7 Å². The number of rotatable bonds is 4. The predicted molar refractivity (Wildman–Crippen MR) is 78.9 cm³/mol. The van der Waals surface area contributed by atoms with Gasteiger partial charge in [-0.25, -0.2) is 0 Å². The van der Waals surface area contributed by atoms with Crippen LogP contribution in [-0.2, 0) is 7.05 Å². The van der Waals surface area contributed by atoms with Gasteiger partial charge in [0.2, 0.25) is 0 Å². The van der Waals surface area contributed by atoms with Gasteiger partial charge in [-0.1, -0.05) is 13.3 Å². The standard InChI is InChI=1S/C15H28N4/c1-4-13-6-5-8-19(9-7-13)15(10-16)14-11-18(3)17-12(14)2/h11,13,15H,4-10,16H2,1-3H3. The van der Waals surface area contributed by atoms with Gasteiger partial charge in [-0.3, -0.25) is 9.58 Å². The van der Waals surface area contributed by atoms with Gasteiger partial charge in [0.1, 0.15) is 0 Å². The first-order valence-electron chi connectivity index (χ1n) is 7.60. The summed E-state index contributed by atoms with van der Waals surface area (Å²) in [5.74, 6) is 0.901. The average Bonchev–Trinajstić information content (AvgIpc) is 2.62. The van der Waals surface area contributed by atoms with Gasteiger partial charge in [0, 0.05) is 25.4 Å². The van der Waals surface area contributed by atoms with Crippen LogP contribution in [0.1, 0.15) is 49.9 Å². The third kappa shape index (κ3) is 3.37. The summed E-state index contributed by atoms with van der Waals surface area (Å²) >= 11 is 0. The van der Waals surface area contributed by atoms with E-state index < -0.39 is 0 Å². The highest BCUT2D eigenvalue weighted by molar-refractivity contribution is 5.20. The number of aryl methyl sites for hydroxylation is 2. The molecule has 2 heterocycles. The molecule has 0 aromatic carbocycles. The first-order valence-corrected chi connectivity index (χ1v) is 7.60. The van der Waals surface area contributed by atoms with Crippen molar-refractivity contribution >= 4 is 0 Å². The molecule has 2 unspecified atom stereocenters. The lowest BCUT2D eigenvalue weighted by Crippen LogP contribution is -2.34. The van der Waals surface area contributed by atoms with Crippen molar-refractivity contribution in [2.24, 2.45) is 18.7 Å². The lowest BCUT2D eigenvalue weighted by Gasteiger charge is -2.29. The monoisotopic (exact) mass is 264 g/mol. The highest BCUT2D eigenvalue weighted by Gasteiger charge is 2.25. The van der Waals surface area contributed by atoms with E-state index in [1.807, 2.05) is 11.7 Å². The molecule has 1 saturated heterocycles. The van der Waals surface area contributed by atoms with Crippen molar-refractivity contribution in [3.05, 3.63) is 17.5 Å². The number of nitrogens with two attached hydrogens (primary N) is 1. The van der Waals surface area contributed by atoms with Crippen molar-refractivity contribution in [1.82, 2.24) is 14.7 Å². The molecule has 0 saturated carbocycles. The Balaban J connectivity index is 2.11. The topological polar surface area (TPSA) is 47.1 Å². The highest BCUT2D eigenvalue weighted by atomic mass is 15.3. The molecule has 0 aliphatic carbocycles. The molecule has 0 spiro atoms. The number of nitrogens with zero attached hydrogens (tertiary/aromatic N) is 3. The molecule has 1 aromatic heterocycles. The zero-order valence-electron chi connectivity index (χ0n) is 12.6. The fourth-order valence-electron chi connectivity index (χ4n) is 3.33. The molecule has 2 atom stereocenters. The van der Waals surface area contributed by atoms with Crippen molar-refractivity contribution in [2.75, 3.05) is 19.6 Å². The largest absolute Gasteiger partial charge is 0.329 e.